The number of carboxylic acid groups (broad SMARTS) is 1. The zero-order valence-electron chi connectivity index (χ0n) is 14.0. The maximum absolute atomic E-state index is 11.5. The number of benzene rings is 2. The summed E-state index contributed by atoms with van der Waals surface area (Å²) in [6.45, 7) is 1.36. The minimum Gasteiger partial charge on any atom is -0.493 e. The van der Waals surface area contributed by atoms with Crippen LogP contribution in [0.4, 0.5) is 0 Å². The van der Waals surface area contributed by atoms with Gasteiger partial charge in [0.15, 0.2) is 11.5 Å². The number of carbonyl (C=O) groups is 1. The van der Waals surface area contributed by atoms with E-state index in [2.05, 4.69) is 5.32 Å². The molecule has 2 aromatic rings. The van der Waals surface area contributed by atoms with Crippen molar-refractivity contribution in [3.8, 4) is 17.2 Å². The topological polar surface area (TPSA) is 77.0 Å². The fraction of sp³-hybridized carbons (Fsp3) is 0.316. The minimum atomic E-state index is -0.881. The van der Waals surface area contributed by atoms with Crippen molar-refractivity contribution in [2.75, 3.05) is 20.3 Å². The van der Waals surface area contributed by atoms with Crippen molar-refractivity contribution in [3.63, 3.8) is 0 Å². The average molecular weight is 343 g/mol. The first kappa shape index (κ1) is 17.1. The highest BCUT2D eigenvalue weighted by atomic mass is 16.6. The van der Waals surface area contributed by atoms with Gasteiger partial charge >= 0.3 is 5.97 Å². The van der Waals surface area contributed by atoms with E-state index in [9.17, 15) is 9.90 Å². The molecule has 3 rings (SSSR count). The van der Waals surface area contributed by atoms with Gasteiger partial charge in [0, 0.05) is 6.54 Å². The molecule has 6 heteroatoms. The molecular formula is C19H21NO5. The molecule has 2 N–H and O–H groups in total. The van der Waals surface area contributed by atoms with Crippen LogP contribution in [0.5, 0.6) is 17.2 Å². The van der Waals surface area contributed by atoms with Gasteiger partial charge in [-0.15, -0.1) is 0 Å². The van der Waals surface area contributed by atoms with E-state index >= 15 is 0 Å². The van der Waals surface area contributed by atoms with Crippen LogP contribution in [0.3, 0.4) is 0 Å². The number of hydrogen-bond acceptors (Lipinski definition) is 5. The van der Waals surface area contributed by atoms with E-state index in [4.69, 9.17) is 14.2 Å². The Hall–Kier alpha value is -2.73. The van der Waals surface area contributed by atoms with Gasteiger partial charge in [-0.3, -0.25) is 4.79 Å². The van der Waals surface area contributed by atoms with Crippen LogP contribution >= 0.6 is 0 Å². The molecule has 0 saturated heterocycles. The third kappa shape index (κ3) is 4.22. The molecule has 0 aromatic heterocycles. The Labute approximate surface area is 146 Å². The first-order chi connectivity index (χ1) is 12.2. The molecule has 25 heavy (non-hydrogen) atoms. The molecule has 1 heterocycles. The lowest BCUT2D eigenvalue weighted by Gasteiger charge is -2.22. The molecule has 132 valence electrons. The largest absolute Gasteiger partial charge is 0.493 e. The minimum absolute atomic E-state index is 0.386. The van der Waals surface area contributed by atoms with Gasteiger partial charge in [-0.1, -0.05) is 30.3 Å². The van der Waals surface area contributed by atoms with E-state index in [1.165, 1.54) is 0 Å². The molecule has 2 aromatic carbocycles. The fourth-order valence-corrected chi connectivity index (χ4v) is 2.77. The quantitative estimate of drug-likeness (QED) is 0.803. The predicted molar refractivity (Wildman–Crippen MR) is 92.4 cm³/mol. The van der Waals surface area contributed by atoms with Crippen LogP contribution in [0.1, 0.15) is 11.1 Å². The van der Waals surface area contributed by atoms with Crippen LogP contribution in [-0.4, -0.2) is 37.4 Å². The smallest absolute Gasteiger partial charge is 0.321 e. The second-order valence-electron chi connectivity index (χ2n) is 5.78. The predicted octanol–water partition coefficient (Wildman–Crippen LogP) is 2.25. The number of methoxy groups -OCH3 is 1. The molecule has 1 aliphatic heterocycles. The van der Waals surface area contributed by atoms with Crippen molar-refractivity contribution in [1.29, 1.82) is 0 Å². The zero-order chi connectivity index (χ0) is 17.6. The third-order valence-electron chi connectivity index (χ3n) is 4.02. The van der Waals surface area contributed by atoms with Gasteiger partial charge < -0.3 is 24.6 Å². The highest BCUT2D eigenvalue weighted by Crippen LogP contribution is 2.40. The second-order valence-corrected chi connectivity index (χ2v) is 5.78. The molecule has 0 fully saturated rings. The van der Waals surface area contributed by atoms with Crippen molar-refractivity contribution in [3.05, 3.63) is 53.6 Å². The van der Waals surface area contributed by atoms with E-state index in [1.807, 2.05) is 42.5 Å². The van der Waals surface area contributed by atoms with Crippen LogP contribution in [0.2, 0.25) is 0 Å². The summed E-state index contributed by atoms with van der Waals surface area (Å²) in [6, 6.07) is 12.6. The number of ether oxygens (including phenoxy) is 3. The average Bonchev–Trinajstić information content (AvgIpc) is 2.65. The summed E-state index contributed by atoms with van der Waals surface area (Å²) in [5.41, 5.74) is 1.85. The third-order valence-corrected chi connectivity index (χ3v) is 4.02. The summed E-state index contributed by atoms with van der Waals surface area (Å²) in [5, 5.41) is 12.6. The summed E-state index contributed by atoms with van der Waals surface area (Å²) in [7, 11) is 1.57. The van der Waals surface area contributed by atoms with Gasteiger partial charge in [-0.05, 0) is 29.7 Å². The number of rotatable bonds is 7. The van der Waals surface area contributed by atoms with Crippen molar-refractivity contribution < 1.29 is 24.1 Å². The summed E-state index contributed by atoms with van der Waals surface area (Å²) < 4.78 is 16.5. The number of aliphatic carboxylic acids is 1. The van der Waals surface area contributed by atoms with Crippen molar-refractivity contribution >= 4 is 5.97 Å². The molecule has 1 atom stereocenters. The van der Waals surface area contributed by atoms with Gasteiger partial charge in [0.2, 0.25) is 5.75 Å². The first-order valence-corrected chi connectivity index (χ1v) is 8.14. The standard InChI is InChI=1S/C19H21NO5/c1-23-16-10-14(11-17-18(16)25-8-7-24-17)12-20-15(19(21)22)9-13-5-3-2-4-6-13/h2-6,10-11,15,20H,7-9,12H2,1H3,(H,21,22)/t15-/m1/s1. The molecular weight excluding hydrogens is 322 g/mol. The van der Waals surface area contributed by atoms with E-state index in [0.717, 1.165) is 11.1 Å². The SMILES string of the molecule is COc1cc(CN[C@H](Cc2ccccc2)C(=O)O)cc2c1OCCO2. The molecule has 0 amide bonds. The Morgan fingerprint density at radius 2 is 1.96 bits per heavy atom. The second kappa shape index (κ2) is 7.90. The molecule has 0 spiro atoms. The van der Waals surface area contributed by atoms with Crippen molar-refractivity contribution in [1.82, 2.24) is 5.32 Å². The first-order valence-electron chi connectivity index (χ1n) is 8.14. The van der Waals surface area contributed by atoms with E-state index in [0.29, 0.717) is 43.4 Å². The van der Waals surface area contributed by atoms with Gasteiger partial charge in [0.1, 0.15) is 19.3 Å². The zero-order valence-corrected chi connectivity index (χ0v) is 14.0. The van der Waals surface area contributed by atoms with E-state index in [1.54, 1.807) is 7.11 Å². The van der Waals surface area contributed by atoms with Gasteiger partial charge in [0.05, 0.1) is 7.11 Å². The van der Waals surface area contributed by atoms with Crippen molar-refractivity contribution in [2.24, 2.45) is 0 Å². The maximum Gasteiger partial charge on any atom is 0.321 e. The van der Waals surface area contributed by atoms with Crippen LogP contribution in [-0.2, 0) is 17.8 Å². The molecule has 0 saturated carbocycles. The molecule has 0 aliphatic carbocycles. The molecule has 0 unspecified atom stereocenters. The Kier molecular flexibility index (Phi) is 5.40. The monoisotopic (exact) mass is 343 g/mol. The number of hydrogen-bond donors (Lipinski definition) is 2. The summed E-state index contributed by atoms with van der Waals surface area (Å²) in [6.07, 6.45) is 0.415. The number of fused-ring (bicyclic) bond motifs is 1. The van der Waals surface area contributed by atoms with Crippen LogP contribution in [0.15, 0.2) is 42.5 Å². The Balaban J connectivity index is 1.71. The summed E-state index contributed by atoms with van der Waals surface area (Å²) >= 11 is 0. The molecule has 0 radical (unpaired) electrons. The van der Waals surface area contributed by atoms with E-state index in [-0.39, 0.29) is 0 Å². The van der Waals surface area contributed by atoms with Gasteiger partial charge in [-0.25, -0.2) is 0 Å². The van der Waals surface area contributed by atoms with Crippen LogP contribution in [0, 0.1) is 0 Å². The molecule has 6 nitrogen and oxygen atoms in total. The van der Waals surface area contributed by atoms with Crippen LogP contribution in [0.25, 0.3) is 0 Å². The van der Waals surface area contributed by atoms with Gasteiger partial charge in [-0.2, -0.15) is 0 Å². The lowest BCUT2D eigenvalue weighted by molar-refractivity contribution is -0.139. The van der Waals surface area contributed by atoms with E-state index < -0.39 is 12.0 Å². The Morgan fingerprint density at radius 3 is 2.68 bits per heavy atom. The lowest BCUT2D eigenvalue weighted by atomic mass is 10.1. The maximum atomic E-state index is 11.5. The molecule has 0 bridgehead atoms. The highest BCUT2D eigenvalue weighted by molar-refractivity contribution is 5.74. The summed E-state index contributed by atoms with van der Waals surface area (Å²) in [4.78, 5) is 11.5. The Bertz CT molecular complexity index is 715. The van der Waals surface area contributed by atoms with Gasteiger partial charge in [0.25, 0.3) is 0 Å². The van der Waals surface area contributed by atoms with Crippen molar-refractivity contribution in [2.45, 2.75) is 19.0 Å². The highest BCUT2D eigenvalue weighted by Gasteiger charge is 2.21. The molecule has 1 aliphatic rings. The normalized spacial score (nSPS) is 14.0. The number of carboxylic acids is 1. The Morgan fingerprint density at radius 1 is 1.20 bits per heavy atom. The summed E-state index contributed by atoms with van der Waals surface area (Å²) in [5.74, 6) is 0.922. The number of nitrogens with one attached hydrogen (secondary N) is 1. The lowest BCUT2D eigenvalue weighted by Crippen LogP contribution is -2.38. The fourth-order valence-electron chi connectivity index (χ4n) is 2.77. The van der Waals surface area contributed by atoms with Crippen LogP contribution < -0.4 is 19.5 Å².